The van der Waals surface area contributed by atoms with E-state index < -0.39 is 6.10 Å². The molecule has 1 atom stereocenters. The maximum atomic E-state index is 12.1. The number of hydrogen-bond donors (Lipinski definition) is 1. The van der Waals surface area contributed by atoms with Crippen LogP contribution in [0.1, 0.15) is 36.1 Å². The van der Waals surface area contributed by atoms with Gasteiger partial charge in [0.15, 0.2) is 17.6 Å². The van der Waals surface area contributed by atoms with Crippen molar-refractivity contribution < 1.29 is 14.3 Å². The molecular formula is C23H32N2O3. The van der Waals surface area contributed by atoms with Crippen molar-refractivity contribution in [2.75, 3.05) is 20.7 Å². The van der Waals surface area contributed by atoms with Gasteiger partial charge in [-0.15, -0.1) is 0 Å². The van der Waals surface area contributed by atoms with Gasteiger partial charge in [-0.05, 0) is 56.5 Å². The number of hydrogen-bond acceptors (Lipinski definition) is 4. The monoisotopic (exact) mass is 384 g/mol. The van der Waals surface area contributed by atoms with Crippen molar-refractivity contribution in [2.45, 2.75) is 46.9 Å². The van der Waals surface area contributed by atoms with Gasteiger partial charge in [0.1, 0.15) is 0 Å². The van der Waals surface area contributed by atoms with Crippen LogP contribution in [0, 0.1) is 13.8 Å². The average molecular weight is 385 g/mol. The first-order valence-electron chi connectivity index (χ1n) is 9.72. The Morgan fingerprint density at radius 3 is 2.46 bits per heavy atom. The van der Waals surface area contributed by atoms with E-state index >= 15 is 0 Å². The molecule has 0 aromatic heterocycles. The molecule has 0 spiro atoms. The van der Waals surface area contributed by atoms with E-state index in [-0.39, 0.29) is 5.91 Å². The van der Waals surface area contributed by atoms with E-state index in [4.69, 9.17) is 9.47 Å². The third kappa shape index (κ3) is 5.99. The summed E-state index contributed by atoms with van der Waals surface area (Å²) in [6, 6.07) is 12.4. The summed E-state index contributed by atoms with van der Waals surface area (Å²) < 4.78 is 11.6. The van der Waals surface area contributed by atoms with Gasteiger partial charge in [-0.3, -0.25) is 4.79 Å². The molecule has 1 amide bonds. The molecule has 2 aromatic rings. The van der Waals surface area contributed by atoms with E-state index in [0.717, 1.165) is 18.7 Å². The maximum absolute atomic E-state index is 12.1. The number of nitrogens with one attached hydrogen (secondary N) is 1. The molecule has 0 aliphatic rings. The first kappa shape index (κ1) is 21.8. The van der Waals surface area contributed by atoms with Crippen LogP contribution in [0.5, 0.6) is 11.5 Å². The molecule has 5 heteroatoms. The van der Waals surface area contributed by atoms with Crippen LogP contribution in [-0.2, 0) is 17.9 Å². The summed E-state index contributed by atoms with van der Waals surface area (Å²) in [6.45, 7) is 9.99. The molecule has 28 heavy (non-hydrogen) atoms. The molecule has 5 nitrogen and oxygen atoms in total. The zero-order valence-electron chi connectivity index (χ0n) is 17.8. The van der Waals surface area contributed by atoms with Crippen LogP contribution in [0.25, 0.3) is 0 Å². The topological polar surface area (TPSA) is 50.8 Å². The van der Waals surface area contributed by atoms with Gasteiger partial charge >= 0.3 is 0 Å². The fourth-order valence-electron chi connectivity index (χ4n) is 3.02. The number of ether oxygens (including phenoxy) is 2. The van der Waals surface area contributed by atoms with E-state index in [9.17, 15) is 4.79 Å². The highest BCUT2D eigenvalue weighted by molar-refractivity contribution is 5.80. The Bertz CT molecular complexity index is 802. The first-order valence-corrected chi connectivity index (χ1v) is 9.72. The van der Waals surface area contributed by atoms with Crippen LogP contribution >= 0.6 is 0 Å². The summed E-state index contributed by atoms with van der Waals surface area (Å²) in [5, 5.41) is 3.48. The lowest BCUT2D eigenvalue weighted by Gasteiger charge is -2.20. The minimum absolute atomic E-state index is 0.0818. The van der Waals surface area contributed by atoms with Crippen molar-refractivity contribution in [1.82, 2.24) is 10.2 Å². The van der Waals surface area contributed by atoms with Gasteiger partial charge in [0, 0.05) is 27.2 Å². The van der Waals surface area contributed by atoms with Gasteiger partial charge in [0.2, 0.25) is 0 Å². The summed E-state index contributed by atoms with van der Waals surface area (Å²) in [5.74, 6) is 1.16. The Balaban J connectivity index is 2.03. The Labute approximate surface area is 168 Å². The Hall–Kier alpha value is -2.53. The van der Waals surface area contributed by atoms with E-state index in [1.165, 1.54) is 21.6 Å². The Morgan fingerprint density at radius 1 is 1.07 bits per heavy atom. The van der Waals surface area contributed by atoms with Gasteiger partial charge in [0.25, 0.3) is 5.91 Å². The SMILES string of the molecule is CCOc1cc(CNCc2ccc(C)cc2C)ccc1OC(C)C(=O)N(C)C. The van der Waals surface area contributed by atoms with Gasteiger partial charge in [0.05, 0.1) is 6.61 Å². The number of carbonyl (C=O) groups is 1. The number of rotatable bonds is 9. The second-order valence-corrected chi connectivity index (χ2v) is 7.24. The molecule has 0 saturated carbocycles. The molecule has 0 heterocycles. The molecule has 0 radical (unpaired) electrons. The molecular weight excluding hydrogens is 352 g/mol. The van der Waals surface area contributed by atoms with Crippen LogP contribution in [0.2, 0.25) is 0 Å². The van der Waals surface area contributed by atoms with Crippen molar-refractivity contribution in [3.05, 3.63) is 58.7 Å². The minimum atomic E-state index is -0.567. The maximum Gasteiger partial charge on any atom is 0.262 e. The second kappa shape index (κ2) is 10.1. The van der Waals surface area contributed by atoms with Crippen LogP contribution in [0.3, 0.4) is 0 Å². The largest absolute Gasteiger partial charge is 0.490 e. The predicted octanol–water partition coefficient (Wildman–Crippen LogP) is 3.85. The number of carbonyl (C=O) groups excluding carboxylic acids is 1. The second-order valence-electron chi connectivity index (χ2n) is 7.24. The summed E-state index contributed by atoms with van der Waals surface area (Å²) in [4.78, 5) is 13.6. The summed E-state index contributed by atoms with van der Waals surface area (Å²) in [7, 11) is 3.44. The molecule has 0 saturated heterocycles. The molecule has 0 aliphatic carbocycles. The van der Waals surface area contributed by atoms with E-state index in [1.54, 1.807) is 21.0 Å². The lowest BCUT2D eigenvalue weighted by Crippen LogP contribution is -2.35. The third-order valence-electron chi connectivity index (χ3n) is 4.54. The van der Waals surface area contributed by atoms with Crippen LogP contribution in [-0.4, -0.2) is 37.6 Å². The zero-order chi connectivity index (χ0) is 20.7. The standard InChI is InChI=1S/C23H32N2O3/c1-7-27-22-13-19(9-11-21(22)28-18(4)23(26)25(5)6)14-24-15-20-10-8-16(2)12-17(20)3/h8-13,18,24H,7,14-15H2,1-6H3. The van der Waals surface area contributed by atoms with Crippen LogP contribution in [0.15, 0.2) is 36.4 Å². The van der Waals surface area contributed by atoms with Crippen molar-refractivity contribution >= 4 is 5.91 Å². The average Bonchev–Trinajstić information content (AvgIpc) is 2.64. The zero-order valence-corrected chi connectivity index (χ0v) is 17.8. The van der Waals surface area contributed by atoms with Crippen molar-refractivity contribution in [3.63, 3.8) is 0 Å². The third-order valence-corrected chi connectivity index (χ3v) is 4.54. The molecule has 152 valence electrons. The molecule has 0 fully saturated rings. The van der Waals surface area contributed by atoms with Crippen LogP contribution in [0.4, 0.5) is 0 Å². The summed E-state index contributed by atoms with van der Waals surface area (Å²) >= 11 is 0. The lowest BCUT2D eigenvalue weighted by atomic mass is 10.1. The van der Waals surface area contributed by atoms with Gasteiger partial charge in [-0.1, -0.05) is 29.8 Å². The number of nitrogens with zero attached hydrogens (tertiary/aromatic N) is 1. The van der Waals surface area contributed by atoms with Crippen molar-refractivity contribution in [2.24, 2.45) is 0 Å². The normalized spacial score (nSPS) is 11.8. The highest BCUT2D eigenvalue weighted by Crippen LogP contribution is 2.29. The molecule has 1 N–H and O–H groups in total. The van der Waals surface area contributed by atoms with Crippen LogP contribution < -0.4 is 14.8 Å². The Kier molecular flexibility index (Phi) is 7.88. The molecule has 2 aromatic carbocycles. The quantitative estimate of drug-likeness (QED) is 0.714. The molecule has 1 unspecified atom stereocenters. The van der Waals surface area contributed by atoms with Crippen molar-refractivity contribution in [3.8, 4) is 11.5 Å². The van der Waals surface area contributed by atoms with Crippen molar-refractivity contribution in [1.29, 1.82) is 0 Å². The number of amides is 1. The fraction of sp³-hybridized carbons (Fsp3) is 0.435. The summed E-state index contributed by atoms with van der Waals surface area (Å²) in [6.07, 6.45) is -0.567. The molecule has 2 rings (SSSR count). The number of likely N-dealkylation sites (N-methyl/N-ethyl adjacent to an activating group) is 1. The van der Waals surface area contributed by atoms with Gasteiger partial charge in [-0.2, -0.15) is 0 Å². The smallest absolute Gasteiger partial charge is 0.262 e. The highest BCUT2D eigenvalue weighted by Gasteiger charge is 2.18. The fourth-order valence-corrected chi connectivity index (χ4v) is 3.02. The van der Waals surface area contributed by atoms with E-state index in [2.05, 4.69) is 37.4 Å². The Morgan fingerprint density at radius 2 is 1.82 bits per heavy atom. The molecule has 0 bridgehead atoms. The van der Waals surface area contributed by atoms with Gasteiger partial charge in [-0.25, -0.2) is 0 Å². The van der Waals surface area contributed by atoms with E-state index in [0.29, 0.717) is 18.1 Å². The lowest BCUT2D eigenvalue weighted by molar-refractivity contribution is -0.135. The summed E-state index contributed by atoms with van der Waals surface area (Å²) in [5.41, 5.74) is 4.98. The van der Waals surface area contributed by atoms with Gasteiger partial charge < -0.3 is 19.7 Å². The number of aryl methyl sites for hydroxylation is 2. The highest BCUT2D eigenvalue weighted by atomic mass is 16.5. The van der Waals surface area contributed by atoms with E-state index in [1.807, 2.05) is 25.1 Å². The number of benzene rings is 2. The predicted molar refractivity (Wildman–Crippen MR) is 113 cm³/mol. The first-order chi connectivity index (χ1) is 13.3. The minimum Gasteiger partial charge on any atom is -0.490 e. The molecule has 0 aliphatic heterocycles.